The minimum Gasteiger partial charge on any atom is -0.392 e. The van der Waals surface area contributed by atoms with E-state index >= 15 is 0 Å². The second-order valence-corrected chi connectivity index (χ2v) is 4.90. The van der Waals surface area contributed by atoms with E-state index in [1.54, 1.807) is 0 Å². The summed E-state index contributed by atoms with van der Waals surface area (Å²) in [5.74, 6) is -0.0296. The molecule has 5 nitrogen and oxygen atoms in total. The molecule has 2 rings (SSSR count). The molecule has 0 spiro atoms. The van der Waals surface area contributed by atoms with E-state index in [-0.39, 0.29) is 36.8 Å². The molecule has 0 aliphatic carbocycles. The van der Waals surface area contributed by atoms with Gasteiger partial charge in [0, 0.05) is 32.4 Å². The van der Waals surface area contributed by atoms with Gasteiger partial charge < -0.3 is 20.6 Å². The van der Waals surface area contributed by atoms with Crippen molar-refractivity contribution in [1.29, 1.82) is 0 Å². The van der Waals surface area contributed by atoms with E-state index in [0.29, 0.717) is 19.5 Å². The SMILES string of the molecule is CN(CCNC(=O)C1CC(O)CN1)c1ccccc1.Cl.Cl. The van der Waals surface area contributed by atoms with Crippen molar-refractivity contribution in [3.63, 3.8) is 0 Å². The molecule has 2 atom stereocenters. The molecule has 1 fully saturated rings. The van der Waals surface area contributed by atoms with E-state index in [9.17, 15) is 9.90 Å². The van der Waals surface area contributed by atoms with Crippen LogP contribution in [0, 0.1) is 0 Å². The highest BCUT2D eigenvalue weighted by Gasteiger charge is 2.27. The summed E-state index contributed by atoms with van der Waals surface area (Å²) in [4.78, 5) is 13.9. The number of nitrogens with zero attached hydrogens (tertiary/aromatic N) is 1. The number of benzene rings is 1. The standard InChI is InChI=1S/C14H21N3O2.2ClH/c1-17(11-5-3-2-4-6-11)8-7-15-14(19)13-9-12(18)10-16-13;;/h2-6,12-13,16,18H,7-10H2,1H3,(H,15,19);2*1H. The molecule has 0 radical (unpaired) electrons. The molecule has 1 amide bonds. The molecule has 1 saturated heterocycles. The molecule has 2 unspecified atom stereocenters. The van der Waals surface area contributed by atoms with Gasteiger partial charge in [-0.3, -0.25) is 4.79 Å². The van der Waals surface area contributed by atoms with Crippen molar-refractivity contribution >= 4 is 36.4 Å². The molecule has 3 N–H and O–H groups in total. The number of nitrogens with one attached hydrogen (secondary N) is 2. The summed E-state index contributed by atoms with van der Waals surface area (Å²) in [7, 11) is 2.00. The van der Waals surface area contributed by atoms with Gasteiger partial charge in [-0.1, -0.05) is 18.2 Å². The molecule has 1 aromatic carbocycles. The van der Waals surface area contributed by atoms with Crippen LogP contribution in [0.1, 0.15) is 6.42 Å². The molecule has 21 heavy (non-hydrogen) atoms. The van der Waals surface area contributed by atoms with Gasteiger partial charge in [0.15, 0.2) is 0 Å². The Balaban J connectivity index is 0.00000200. The highest BCUT2D eigenvalue weighted by atomic mass is 35.5. The number of hydrogen-bond donors (Lipinski definition) is 3. The highest BCUT2D eigenvalue weighted by Crippen LogP contribution is 2.10. The Hall–Kier alpha value is -1.01. The van der Waals surface area contributed by atoms with Gasteiger partial charge in [-0.15, -0.1) is 24.8 Å². The van der Waals surface area contributed by atoms with E-state index < -0.39 is 6.10 Å². The largest absolute Gasteiger partial charge is 0.392 e. The third kappa shape index (κ3) is 6.09. The van der Waals surface area contributed by atoms with Crippen LogP contribution in [0.15, 0.2) is 30.3 Å². The van der Waals surface area contributed by atoms with Crippen LogP contribution in [-0.2, 0) is 4.79 Å². The number of carbonyl (C=O) groups excluding carboxylic acids is 1. The van der Waals surface area contributed by atoms with Crippen molar-refractivity contribution in [1.82, 2.24) is 10.6 Å². The van der Waals surface area contributed by atoms with Gasteiger partial charge in [0.05, 0.1) is 12.1 Å². The lowest BCUT2D eigenvalue weighted by Crippen LogP contribution is -2.43. The number of rotatable bonds is 5. The summed E-state index contributed by atoms with van der Waals surface area (Å²) >= 11 is 0. The van der Waals surface area contributed by atoms with Crippen LogP contribution in [0.4, 0.5) is 5.69 Å². The number of carbonyl (C=O) groups is 1. The van der Waals surface area contributed by atoms with Gasteiger partial charge in [-0.25, -0.2) is 0 Å². The topological polar surface area (TPSA) is 64.6 Å². The summed E-state index contributed by atoms with van der Waals surface area (Å²) < 4.78 is 0. The molecular weight excluding hydrogens is 313 g/mol. The van der Waals surface area contributed by atoms with Gasteiger partial charge in [0.25, 0.3) is 0 Å². The third-order valence-electron chi connectivity index (χ3n) is 3.37. The minimum atomic E-state index is -0.400. The number of aliphatic hydroxyl groups is 1. The van der Waals surface area contributed by atoms with Crippen molar-refractivity contribution in [3.05, 3.63) is 30.3 Å². The molecule has 0 saturated carbocycles. The van der Waals surface area contributed by atoms with Gasteiger partial charge >= 0.3 is 0 Å². The molecular formula is C14H23Cl2N3O2. The first-order valence-corrected chi connectivity index (χ1v) is 6.62. The number of para-hydroxylation sites is 1. The minimum absolute atomic E-state index is 0. The molecule has 1 aromatic rings. The van der Waals surface area contributed by atoms with Crippen molar-refractivity contribution in [2.45, 2.75) is 18.6 Å². The van der Waals surface area contributed by atoms with Crippen molar-refractivity contribution in [2.24, 2.45) is 0 Å². The van der Waals surface area contributed by atoms with E-state index in [0.717, 1.165) is 12.2 Å². The lowest BCUT2D eigenvalue weighted by molar-refractivity contribution is -0.122. The predicted molar refractivity (Wildman–Crippen MR) is 89.6 cm³/mol. The molecule has 0 bridgehead atoms. The van der Waals surface area contributed by atoms with Gasteiger partial charge in [0.1, 0.15) is 0 Å². The zero-order valence-electron chi connectivity index (χ0n) is 12.0. The number of halogens is 2. The van der Waals surface area contributed by atoms with E-state index in [1.807, 2.05) is 37.4 Å². The Morgan fingerprint density at radius 2 is 2.05 bits per heavy atom. The fourth-order valence-electron chi connectivity index (χ4n) is 2.20. The summed E-state index contributed by atoms with van der Waals surface area (Å²) in [6.45, 7) is 1.85. The lowest BCUT2D eigenvalue weighted by atomic mass is 10.2. The smallest absolute Gasteiger partial charge is 0.237 e. The Morgan fingerprint density at radius 3 is 2.62 bits per heavy atom. The van der Waals surface area contributed by atoms with E-state index in [2.05, 4.69) is 15.5 Å². The summed E-state index contributed by atoms with van der Waals surface area (Å²) in [6.07, 6.45) is 0.100. The average Bonchev–Trinajstić information content (AvgIpc) is 2.86. The molecule has 1 aliphatic heterocycles. The number of amides is 1. The number of likely N-dealkylation sites (N-methyl/N-ethyl adjacent to an activating group) is 1. The van der Waals surface area contributed by atoms with E-state index in [1.165, 1.54) is 0 Å². The lowest BCUT2D eigenvalue weighted by Gasteiger charge is -2.20. The average molecular weight is 336 g/mol. The van der Waals surface area contributed by atoms with Gasteiger partial charge in [0.2, 0.25) is 5.91 Å². The monoisotopic (exact) mass is 335 g/mol. The van der Waals surface area contributed by atoms with Crippen molar-refractivity contribution in [2.75, 3.05) is 31.6 Å². The van der Waals surface area contributed by atoms with Crippen molar-refractivity contribution < 1.29 is 9.90 Å². The first-order valence-electron chi connectivity index (χ1n) is 6.62. The maximum Gasteiger partial charge on any atom is 0.237 e. The van der Waals surface area contributed by atoms with Crippen LogP contribution < -0.4 is 15.5 Å². The van der Waals surface area contributed by atoms with Gasteiger partial charge in [-0.2, -0.15) is 0 Å². The summed E-state index contributed by atoms with van der Waals surface area (Å²) in [6, 6.07) is 9.79. The second kappa shape index (κ2) is 9.84. The Bertz CT molecular complexity index is 420. The predicted octanol–water partition coefficient (Wildman–Crippen LogP) is 0.805. The van der Waals surface area contributed by atoms with Crippen LogP contribution in [-0.4, -0.2) is 49.8 Å². The zero-order chi connectivity index (χ0) is 13.7. The number of hydrogen-bond acceptors (Lipinski definition) is 4. The molecule has 120 valence electrons. The first-order chi connectivity index (χ1) is 9.16. The number of β-amino-alcohol motifs (C(OH)–C–C–N with tert-alkyl or cyclic N) is 1. The van der Waals surface area contributed by atoms with Crippen LogP contribution in [0.25, 0.3) is 0 Å². The maximum absolute atomic E-state index is 11.8. The highest BCUT2D eigenvalue weighted by molar-refractivity contribution is 5.85. The fourth-order valence-corrected chi connectivity index (χ4v) is 2.20. The van der Waals surface area contributed by atoms with Crippen LogP contribution in [0.5, 0.6) is 0 Å². The Labute approximate surface area is 137 Å². The summed E-state index contributed by atoms with van der Waals surface area (Å²) in [5.41, 5.74) is 1.13. The zero-order valence-corrected chi connectivity index (χ0v) is 13.6. The Kier molecular flexibility index (Phi) is 9.37. The molecule has 7 heteroatoms. The van der Waals surface area contributed by atoms with Crippen molar-refractivity contribution in [3.8, 4) is 0 Å². The quantitative estimate of drug-likeness (QED) is 0.745. The molecule has 1 aliphatic rings. The molecule has 1 heterocycles. The van der Waals surface area contributed by atoms with Crippen LogP contribution >= 0.6 is 24.8 Å². The first kappa shape index (κ1) is 20.0. The van der Waals surface area contributed by atoms with Crippen LogP contribution in [0.3, 0.4) is 0 Å². The van der Waals surface area contributed by atoms with Crippen LogP contribution in [0.2, 0.25) is 0 Å². The normalized spacial score (nSPS) is 20.1. The van der Waals surface area contributed by atoms with Gasteiger partial charge in [-0.05, 0) is 18.6 Å². The fraction of sp³-hybridized carbons (Fsp3) is 0.500. The second-order valence-electron chi connectivity index (χ2n) is 4.90. The number of anilines is 1. The third-order valence-corrected chi connectivity index (χ3v) is 3.37. The molecule has 0 aromatic heterocycles. The maximum atomic E-state index is 11.8. The summed E-state index contributed by atoms with van der Waals surface area (Å²) in [5, 5.41) is 15.3. The van der Waals surface area contributed by atoms with E-state index in [4.69, 9.17) is 0 Å². The number of aliphatic hydroxyl groups excluding tert-OH is 1. The Morgan fingerprint density at radius 1 is 1.38 bits per heavy atom.